The van der Waals surface area contributed by atoms with Crippen molar-refractivity contribution in [1.82, 2.24) is 4.90 Å². The molecule has 3 aliphatic carbocycles. The van der Waals surface area contributed by atoms with E-state index in [1.807, 2.05) is 0 Å². The molecule has 0 bridgehead atoms. The van der Waals surface area contributed by atoms with Crippen molar-refractivity contribution in [2.45, 2.75) is 25.4 Å². The number of aliphatic hydroxyl groups excluding tert-OH is 1. The first-order valence-corrected chi connectivity index (χ1v) is 5.56. The van der Waals surface area contributed by atoms with E-state index in [0.717, 1.165) is 17.9 Å². The molecule has 13 heavy (non-hydrogen) atoms. The molecule has 4 atom stereocenters. The Morgan fingerprint density at radius 1 is 1.31 bits per heavy atom. The van der Waals surface area contributed by atoms with Crippen LogP contribution in [-0.4, -0.2) is 36.2 Å². The lowest BCUT2D eigenvalue weighted by Gasteiger charge is -2.52. The number of piperidine rings is 1. The minimum Gasteiger partial charge on any atom is -0.392 e. The van der Waals surface area contributed by atoms with E-state index in [1.165, 1.54) is 25.8 Å². The van der Waals surface area contributed by atoms with E-state index in [4.69, 9.17) is 0 Å². The molecule has 0 amide bonds. The zero-order chi connectivity index (χ0) is 8.84. The van der Waals surface area contributed by atoms with Crippen molar-refractivity contribution in [1.29, 1.82) is 0 Å². The molecule has 2 heteroatoms. The Morgan fingerprint density at radius 3 is 2.77 bits per heavy atom. The second kappa shape index (κ2) is 1.70. The summed E-state index contributed by atoms with van der Waals surface area (Å²) in [5, 5.41) is 9.96. The molecular formula is C11H17NO. The molecule has 0 aromatic heterocycles. The average Bonchev–Trinajstić information content (AvgIpc) is 2.95. The molecule has 2 nitrogen and oxygen atoms in total. The lowest BCUT2D eigenvalue weighted by molar-refractivity contribution is -0.0556. The fourth-order valence-electron chi connectivity index (χ4n) is 4.55. The molecule has 4 unspecified atom stereocenters. The highest BCUT2D eigenvalue weighted by molar-refractivity contribution is 5.32. The van der Waals surface area contributed by atoms with Gasteiger partial charge in [0.25, 0.3) is 0 Å². The molecule has 4 aliphatic rings. The summed E-state index contributed by atoms with van der Waals surface area (Å²) in [7, 11) is 2.21. The van der Waals surface area contributed by atoms with Crippen LogP contribution < -0.4 is 0 Å². The molecule has 4 rings (SSSR count). The van der Waals surface area contributed by atoms with Gasteiger partial charge in [-0.2, -0.15) is 0 Å². The standard InChI is InChI=1S/C11H17NO/c1-12-4-7-9(13)11(7)6-10(2-3-10)8(11)5-12/h7-9,13H,2-6H2,1H3. The van der Waals surface area contributed by atoms with Gasteiger partial charge in [0.05, 0.1) is 6.10 Å². The number of rotatable bonds is 0. The molecule has 1 heterocycles. The maximum atomic E-state index is 9.96. The predicted molar refractivity (Wildman–Crippen MR) is 49.2 cm³/mol. The number of nitrogens with zero attached hydrogens (tertiary/aromatic N) is 1. The van der Waals surface area contributed by atoms with Crippen LogP contribution in [0.5, 0.6) is 0 Å². The van der Waals surface area contributed by atoms with E-state index in [9.17, 15) is 5.11 Å². The normalized spacial score (nSPS) is 60.9. The minimum absolute atomic E-state index is 0.0636. The summed E-state index contributed by atoms with van der Waals surface area (Å²) < 4.78 is 0. The van der Waals surface area contributed by atoms with Crippen LogP contribution >= 0.6 is 0 Å². The summed E-state index contributed by atoms with van der Waals surface area (Å²) >= 11 is 0. The summed E-state index contributed by atoms with van der Waals surface area (Å²) in [5.74, 6) is 1.50. The number of hydrogen-bond donors (Lipinski definition) is 1. The van der Waals surface area contributed by atoms with E-state index >= 15 is 0 Å². The van der Waals surface area contributed by atoms with Gasteiger partial charge in [-0.3, -0.25) is 0 Å². The molecule has 2 spiro atoms. The topological polar surface area (TPSA) is 23.5 Å². The van der Waals surface area contributed by atoms with E-state index < -0.39 is 0 Å². The van der Waals surface area contributed by atoms with Crippen molar-refractivity contribution < 1.29 is 5.11 Å². The smallest absolute Gasteiger partial charge is 0.0650 e. The molecule has 1 saturated heterocycles. The quantitative estimate of drug-likeness (QED) is 0.592. The summed E-state index contributed by atoms with van der Waals surface area (Å²) in [6.07, 6.45) is 4.33. The molecule has 3 saturated carbocycles. The van der Waals surface area contributed by atoms with Crippen LogP contribution in [0.1, 0.15) is 19.3 Å². The highest BCUT2D eigenvalue weighted by Crippen LogP contribution is 2.83. The predicted octanol–water partition coefficient (Wildman–Crippen LogP) is 0.709. The van der Waals surface area contributed by atoms with Gasteiger partial charge >= 0.3 is 0 Å². The number of aliphatic hydroxyl groups is 1. The maximum absolute atomic E-state index is 9.96. The van der Waals surface area contributed by atoms with Crippen LogP contribution in [0.3, 0.4) is 0 Å². The van der Waals surface area contributed by atoms with Crippen molar-refractivity contribution in [3.05, 3.63) is 0 Å². The molecular weight excluding hydrogens is 162 g/mol. The zero-order valence-electron chi connectivity index (χ0n) is 8.16. The summed E-state index contributed by atoms with van der Waals surface area (Å²) in [4.78, 5) is 2.43. The number of fused-ring (bicyclic) bond motifs is 1. The van der Waals surface area contributed by atoms with Crippen molar-refractivity contribution in [2.75, 3.05) is 20.1 Å². The number of likely N-dealkylation sites (tertiary alicyclic amines) is 1. The third kappa shape index (κ3) is 0.581. The Hall–Kier alpha value is -0.0800. The van der Waals surface area contributed by atoms with Gasteiger partial charge in [-0.1, -0.05) is 0 Å². The average molecular weight is 179 g/mol. The first-order chi connectivity index (χ1) is 6.19. The molecule has 0 radical (unpaired) electrons. The van der Waals surface area contributed by atoms with Gasteiger partial charge in [-0.25, -0.2) is 0 Å². The SMILES string of the molecule is CN1CC2C(O)C23CC2(CC2)C3C1. The van der Waals surface area contributed by atoms with Gasteiger partial charge in [0, 0.05) is 24.4 Å². The lowest BCUT2D eigenvalue weighted by Crippen LogP contribution is -2.52. The lowest BCUT2D eigenvalue weighted by atomic mass is 9.56. The molecule has 0 aromatic rings. The first kappa shape index (κ1) is 7.24. The molecule has 1 aliphatic heterocycles. The van der Waals surface area contributed by atoms with Crippen molar-refractivity contribution in [3.63, 3.8) is 0 Å². The van der Waals surface area contributed by atoms with Gasteiger partial charge in [0.1, 0.15) is 0 Å². The second-order valence-electron chi connectivity index (χ2n) is 5.98. The Kier molecular flexibility index (Phi) is 0.947. The van der Waals surface area contributed by atoms with E-state index in [-0.39, 0.29) is 6.10 Å². The highest BCUT2D eigenvalue weighted by Gasteiger charge is 2.83. The Labute approximate surface area is 78.9 Å². The third-order valence-corrected chi connectivity index (χ3v) is 5.45. The Balaban J connectivity index is 1.71. The van der Waals surface area contributed by atoms with Crippen LogP contribution in [0.4, 0.5) is 0 Å². The van der Waals surface area contributed by atoms with E-state index in [2.05, 4.69) is 11.9 Å². The highest BCUT2D eigenvalue weighted by atomic mass is 16.3. The van der Waals surface area contributed by atoms with Gasteiger partial charge < -0.3 is 10.0 Å². The largest absolute Gasteiger partial charge is 0.392 e. The second-order valence-corrected chi connectivity index (χ2v) is 5.98. The summed E-state index contributed by atoms with van der Waals surface area (Å²) in [6, 6.07) is 0. The first-order valence-electron chi connectivity index (χ1n) is 5.56. The maximum Gasteiger partial charge on any atom is 0.0650 e. The van der Waals surface area contributed by atoms with Crippen LogP contribution in [-0.2, 0) is 0 Å². The zero-order valence-corrected chi connectivity index (χ0v) is 8.16. The summed E-state index contributed by atoms with van der Waals surface area (Å²) in [5.41, 5.74) is 1.16. The Bertz CT molecular complexity index is 286. The fraction of sp³-hybridized carbons (Fsp3) is 1.00. The molecule has 72 valence electrons. The monoisotopic (exact) mass is 179 g/mol. The molecule has 1 N–H and O–H groups in total. The van der Waals surface area contributed by atoms with Crippen LogP contribution in [0.15, 0.2) is 0 Å². The van der Waals surface area contributed by atoms with Gasteiger partial charge in [-0.05, 0) is 37.6 Å². The number of hydrogen-bond acceptors (Lipinski definition) is 2. The van der Waals surface area contributed by atoms with Crippen LogP contribution in [0.2, 0.25) is 0 Å². The van der Waals surface area contributed by atoms with E-state index in [0.29, 0.717) is 11.3 Å². The van der Waals surface area contributed by atoms with Gasteiger partial charge in [0.2, 0.25) is 0 Å². The van der Waals surface area contributed by atoms with Gasteiger partial charge in [-0.15, -0.1) is 0 Å². The van der Waals surface area contributed by atoms with Crippen LogP contribution in [0.25, 0.3) is 0 Å². The van der Waals surface area contributed by atoms with Gasteiger partial charge in [0.15, 0.2) is 0 Å². The summed E-state index contributed by atoms with van der Waals surface area (Å²) in [6.45, 7) is 2.40. The third-order valence-electron chi connectivity index (χ3n) is 5.45. The fourth-order valence-corrected chi connectivity index (χ4v) is 4.55. The van der Waals surface area contributed by atoms with Crippen LogP contribution in [0, 0.1) is 22.7 Å². The Morgan fingerprint density at radius 2 is 2.08 bits per heavy atom. The minimum atomic E-state index is 0.0636. The van der Waals surface area contributed by atoms with Crippen molar-refractivity contribution in [2.24, 2.45) is 22.7 Å². The molecule has 0 aromatic carbocycles. The van der Waals surface area contributed by atoms with Crippen molar-refractivity contribution >= 4 is 0 Å². The molecule has 4 fully saturated rings. The van der Waals surface area contributed by atoms with E-state index in [1.54, 1.807) is 0 Å². The van der Waals surface area contributed by atoms with Crippen molar-refractivity contribution in [3.8, 4) is 0 Å².